The highest BCUT2D eigenvalue weighted by molar-refractivity contribution is 5.74. The summed E-state index contributed by atoms with van der Waals surface area (Å²) in [5.41, 5.74) is 2.44. The Morgan fingerprint density at radius 3 is 2.57 bits per heavy atom. The minimum Gasteiger partial charge on any atom is -0.341 e. The summed E-state index contributed by atoms with van der Waals surface area (Å²) in [6.45, 7) is 2.32. The molecule has 0 saturated carbocycles. The Kier molecular flexibility index (Phi) is 3.66. The fraction of sp³-hybridized carbons (Fsp3) is 0.188. The van der Waals surface area contributed by atoms with E-state index in [2.05, 4.69) is 15.3 Å². The number of hydrogen-bond acceptors (Lipinski definition) is 2. The fourth-order valence-corrected chi connectivity index (χ4v) is 2.26. The Morgan fingerprint density at radius 1 is 1.14 bits per heavy atom. The monoisotopic (exact) mass is 287 g/mol. The molecule has 2 aromatic carbocycles. The second-order valence-electron chi connectivity index (χ2n) is 5.02. The third-order valence-electron chi connectivity index (χ3n) is 3.35. The third kappa shape index (κ3) is 3.08. The SMILES string of the molecule is CC(NCc1cc(F)cc(F)c1)c1nc2ccccc2[nH]1. The van der Waals surface area contributed by atoms with Gasteiger partial charge in [0.1, 0.15) is 17.5 Å². The number of aromatic amines is 1. The number of aromatic nitrogens is 2. The molecule has 108 valence electrons. The number of nitrogens with zero attached hydrogens (tertiary/aromatic N) is 1. The average molecular weight is 287 g/mol. The Hall–Kier alpha value is -2.27. The van der Waals surface area contributed by atoms with E-state index >= 15 is 0 Å². The molecular weight excluding hydrogens is 272 g/mol. The van der Waals surface area contributed by atoms with Crippen molar-refractivity contribution in [2.24, 2.45) is 0 Å². The molecular formula is C16H15F2N3. The Morgan fingerprint density at radius 2 is 1.86 bits per heavy atom. The summed E-state index contributed by atoms with van der Waals surface area (Å²) in [6.07, 6.45) is 0. The number of nitrogens with one attached hydrogen (secondary N) is 2. The smallest absolute Gasteiger partial charge is 0.126 e. The minimum absolute atomic E-state index is 0.0521. The lowest BCUT2D eigenvalue weighted by atomic mass is 10.2. The van der Waals surface area contributed by atoms with Crippen LogP contribution in [-0.2, 0) is 6.54 Å². The lowest BCUT2D eigenvalue weighted by Crippen LogP contribution is -2.19. The van der Waals surface area contributed by atoms with E-state index in [1.54, 1.807) is 0 Å². The molecule has 5 heteroatoms. The van der Waals surface area contributed by atoms with Crippen LogP contribution in [-0.4, -0.2) is 9.97 Å². The first-order valence-corrected chi connectivity index (χ1v) is 6.75. The zero-order valence-electron chi connectivity index (χ0n) is 11.5. The predicted octanol–water partition coefficient (Wildman–Crippen LogP) is 3.69. The summed E-state index contributed by atoms with van der Waals surface area (Å²) in [5.74, 6) is -0.334. The van der Waals surface area contributed by atoms with Crippen LogP contribution in [0.2, 0.25) is 0 Å². The number of imidazole rings is 1. The second-order valence-corrected chi connectivity index (χ2v) is 5.02. The molecule has 1 heterocycles. The first kappa shape index (κ1) is 13.7. The Balaban J connectivity index is 1.72. The van der Waals surface area contributed by atoms with Crippen molar-refractivity contribution in [2.75, 3.05) is 0 Å². The van der Waals surface area contributed by atoms with Crippen molar-refractivity contribution in [2.45, 2.75) is 19.5 Å². The minimum atomic E-state index is -0.566. The van der Waals surface area contributed by atoms with Gasteiger partial charge in [-0.15, -0.1) is 0 Å². The highest BCUT2D eigenvalue weighted by Gasteiger charge is 2.10. The van der Waals surface area contributed by atoms with E-state index in [0.29, 0.717) is 12.1 Å². The molecule has 0 fully saturated rings. The first-order chi connectivity index (χ1) is 10.1. The fourth-order valence-electron chi connectivity index (χ4n) is 2.26. The van der Waals surface area contributed by atoms with Crippen LogP contribution >= 0.6 is 0 Å². The molecule has 0 aliphatic heterocycles. The molecule has 2 N–H and O–H groups in total. The summed E-state index contributed by atoms with van der Waals surface area (Å²) >= 11 is 0. The number of rotatable bonds is 4. The molecule has 3 nitrogen and oxygen atoms in total. The van der Waals surface area contributed by atoms with Crippen molar-refractivity contribution in [1.82, 2.24) is 15.3 Å². The van der Waals surface area contributed by atoms with Gasteiger partial charge in [0.05, 0.1) is 17.1 Å². The molecule has 3 aromatic rings. The molecule has 0 amide bonds. The van der Waals surface area contributed by atoms with Crippen LogP contribution in [0, 0.1) is 11.6 Å². The summed E-state index contributed by atoms with van der Waals surface area (Å²) in [4.78, 5) is 7.73. The normalized spacial score (nSPS) is 12.7. The Labute approximate surface area is 121 Å². The number of hydrogen-bond donors (Lipinski definition) is 2. The first-order valence-electron chi connectivity index (χ1n) is 6.75. The summed E-state index contributed by atoms with van der Waals surface area (Å²) < 4.78 is 26.3. The van der Waals surface area contributed by atoms with Crippen LogP contribution in [0.15, 0.2) is 42.5 Å². The molecule has 0 aliphatic carbocycles. The van der Waals surface area contributed by atoms with Crippen LogP contribution < -0.4 is 5.32 Å². The maximum absolute atomic E-state index is 13.1. The van der Waals surface area contributed by atoms with Gasteiger partial charge in [0, 0.05) is 12.6 Å². The summed E-state index contributed by atoms with van der Waals surface area (Å²) in [5, 5.41) is 3.20. The topological polar surface area (TPSA) is 40.7 Å². The van der Waals surface area contributed by atoms with Gasteiger partial charge < -0.3 is 10.3 Å². The quantitative estimate of drug-likeness (QED) is 0.768. The number of halogens is 2. The van der Waals surface area contributed by atoms with E-state index in [0.717, 1.165) is 22.9 Å². The molecule has 0 saturated heterocycles. The molecule has 0 radical (unpaired) electrons. The van der Waals surface area contributed by atoms with Crippen LogP contribution in [0.25, 0.3) is 11.0 Å². The predicted molar refractivity (Wildman–Crippen MR) is 77.7 cm³/mol. The third-order valence-corrected chi connectivity index (χ3v) is 3.35. The molecule has 1 atom stereocenters. The van der Waals surface area contributed by atoms with Crippen molar-refractivity contribution >= 4 is 11.0 Å². The van der Waals surface area contributed by atoms with E-state index in [-0.39, 0.29) is 6.04 Å². The van der Waals surface area contributed by atoms with Crippen LogP contribution in [0.4, 0.5) is 8.78 Å². The van der Waals surface area contributed by atoms with Gasteiger partial charge in [0.15, 0.2) is 0 Å². The maximum Gasteiger partial charge on any atom is 0.126 e. The van der Waals surface area contributed by atoms with Crippen LogP contribution in [0.1, 0.15) is 24.4 Å². The van der Waals surface area contributed by atoms with E-state index < -0.39 is 11.6 Å². The van der Waals surface area contributed by atoms with Crippen molar-refractivity contribution in [3.8, 4) is 0 Å². The molecule has 0 aliphatic rings. The zero-order chi connectivity index (χ0) is 14.8. The molecule has 3 rings (SSSR count). The lowest BCUT2D eigenvalue weighted by Gasteiger charge is -2.11. The maximum atomic E-state index is 13.1. The van der Waals surface area contributed by atoms with Gasteiger partial charge in [-0.1, -0.05) is 12.1 Å². The van der Waals surface area contributed by atoms with E-state index in [1.165, 1.54) is 12.1 Å². The molecule has 1 unspecified atom stereocenters. The number of H-pyrrole nitrogens is 1. The van der Waals surface area contributed by atoms with Crippen LogP contribution in [0.5, 0.6) is 0 Å². The zero-order valence-corrected chi connectivity index (χ0v) is 11.5. The van der Waals surface area contributed by atoms with Gasteiger partial charge in [0.2, 0.25) is 0 Å². The van der Waals surface area contributed by atoms with Crippen molar-refractivity contribution in [3.63, 3.8) is 0 Å². The van der Waals surface area contributed by atoms with E-state index in [4.69, 9.17) is 0 Å². The summed E-state index contributed by atoms with van der Waals surface area (Å²) in [7, 11) is 0. The summed E-state index contributed by atoms with van der Waals surface area (Å²) in [6, 6.07) is 11.2. The molecule has 1 aromatic heterocycles. The number of para-hydroxylation sites is 2. The van der Waals surface area contributed by atoms with E-state index in [9.17, 15) is 8.78 Å². The molecule has 0 bridgehead atoms. The van der Waals surface area contributed by atoms with Gasteiger partial charge >= 0.3 is 0 Å². The number of fused-ring (bicyclic) bond motifs is 1. The second kappa shape index (κ2) is 5.61. The largest absolute Gasteiger partial charge is 0.341 e. The molecule has 0 spiro atoms. The standard InChI is InChI=1S/C16H15F2N3/c1-10(16-20-14-4-2-3-5-15(14)21-16)19-9-11-6-12(17)8-13(18)7-11/h2-8,10,19H,9H2,1H3,(H,20,21). The average Bonchev–Trinajstić information content (AvgIpc) is 2.87. The highest BCUT2D eigenvalue weighted by Crippen LogP contribution is 2.16. The van der Waals surface area contributed by atoms with Crippen molar-refractivity contribution < 1.29 is 8.78 Å². The van der Waals surface area contributed by atoms with Gasteiger partial charge in [-0.3, -0.25) is 0 Å². The highest BCUT2D eigenvalue weighted by atomic mass is 19.1. The van der Waals surface area contributed by atoms with Gasteiger partial charge in [-0.2, -0.15) is 0 Å². The van der Waals surface area contributed by atoms with Crippen molar-refractivity contribution in [3.05, 3.63) is 65.5 Å². The van der Waals surface area contributed by atoms with E-state index in [1.807, 2.05) is 31.2 Å². The van der Waals surface area contributed by atoms with Gasteiger partial charge in [-0.05, 0) is 36.8 Å². The van der Waals surface area contributed by atoms with Gasteiger partial charge in [0.25, 0.3) is 0 Å². The lowest BCUT2D eigenvalue weighted by molar-refractivity contribution is 0.540. The Bertz CT molecular complexity index is 714. The number of benzene rings is 2. The van der Waals surface area contributed by atoms with Crippen molar-refractivity contribution in [1.29, 1.82) is 0 Å². The van der Waals surface area contributed by atoms with Crippen LogP contribution in [0.3, 0.4) is 0 Å². The van der Waals surface area contributed by atoms with Gasteiger partial charge in [-0.25, -0.2) is 13.8 Å². The molecule has 21 heavy (non-hydrogen) atoms.